The molecule has 3 rings (SSSR count). The Morgan fingerprint density at radius 1 is 1.04 bits per heavy atom. The van der Waals surface area contributed by atoms with Crippen LogP contribution in [-0.2, 0) is 16.0 Å². The fraction of sp³-hybridized carbons (Fsp3) is 0.381. The molecule has 2 heterocycles. The van der Waals surface area contributed by atoms with Crippen LogP contribution < -0.4 is 10.2 Å². The molecule has 1 saturated heterocycles. The Kier molecular flexibility index (Phi) is 6.41. The van der Waals surface area contributed by atoms with E-state index < -0.39 is 6.04 Å². The van der Waals surface area contributed by atoms with E-state index in [1.54, 1.807) is 13.1 Å². The van der Waals surface area contributed by atoms with Crippen LogP contribution in [0.1, 0.15) is 18.9 Å². The quantitative estimate of drug-likeness (QED) is 0.848. The maximum atomic E-state index is 12.6. The molecule has 0 bridgehead atoms. The number of nitrogens with one attached hydrogen (secondary N) is 1. The van der Waals surface area contributed by atoms with Gasteiger partial charge in [-0.1, -0.05) is 36.4 Å². The third kappa shape index (κ3) is 5.29. The molecule has 27 heavy (non-hydrogen) atoms. The van der Waals surface area contributed by atoms with E-state index in [-0.39, 0.29) is 11.8 Å². The summed E-state index contributed by atoms with van der Waals surface area (Å²) in [6, 6.07) is 15.2. The van der Waals surface area contributed by atoms with Gasteiger partial charge in [0.25, 0.3) is 0 Å². The molecular formula is C21H26N4O2. The van der Waals surface area contributed by atoms with Crippen molar-refractivity contribution in [3.05, 3.63) is 60.3 Å². The first kappa shape index (κ1) is 18.9. The summed E-state index contributed by atoms with van der Waals surface area (Å²) in [5, 5.41) is 2.83. The molecule has 1 fully saturated rings. The summed E-state index contributed by atoms with van der Waals surface area (Å²) in [5.74, 6) is 0.822. The van der Waals surface area contributed by atoms with Crippen molar-refractivity contribution < 1.29 is 9.59 Å². The normalized spacial score (nSPS) is 15.3. The molecule has 2 amide bonds. The lowest BCUT2D eigenvalue weighted by Gasteiger charge is -2.36. The lowest BCUT2D eigenvalue weighted by Crippen LogP contribution is -2.54. The van der Waals surface area contributed by atoms with Crippen LogP contribution in [0.5, 0.6) is 0 Å². The fourth-order valence-electron chi connectivity index (χ4n) is 3.25. The predicted molar refractivity (Wildman–Crippen MR) is 105 cm³/mol. The summed E-state index contributed by atoms with van der Waals surface area (Å²) in [7, 11) is 0. The summed E-state index contributed by atoms with van der Waals surface area (Å²) in [4.78, 5) is 33.1. The Labute approximate surface area is 160 Å². The Bertz CT molecular complexity index is 743. The maximum absolute atomic E-state index is 12.6. The van der Waals surface area contributed by atoms with Gasteiger partial charge in [-0.25, -0.2) is 4.98 Å². The van der Waals surface area contributed by atoms with E-state index in [0.717, 1.165) is 24.5 Å². The summed E-state index contributed by atoms with van der Waals surface area (Å²) in [6.45, 7) is 4.53. The van der Waals surface area contributed by atoms with Crippen LogP contribution in [0.2, 0.25) is 0 Å². The molecule has 0 aliphatic carbocycles. The highest BCUT2D eigenvalue weighted by atomic mass is 16.2. The minimum Gasteiger partial charge on any atom is -0.353 e. The van der Waals surface area contributed by atoms with E-state index in [1.807, 2.05) is 53.4 Å². The second-order valence-electron chi connectivity index (χ2n) is 6.78. The molecule has 1 aromatic heterocycles. The summed E-state index contributed by atoms with van der Waals surface area (Å²) in [5.41, 5.74) is 1.12. The molecule has 1 aliphatic rings. The third-order valence-electron chi connectivity index (χ3n) is 4.80. The Morgan fingerprint density at radius 2 is 1.74 bits per heavy atom. The third-order valence-corrected chi connectivity index (χ3v) is 4.80. The van der Waals surface area contributed by atoms with Gasteiger partial charge in [-0.05, 0) is 31.0 Å². The number of pyridine rings is 1. The molecule has 0 radical (unpaired) electrons. The number of nitrogens with zero attached hydrogens (tertiary/aromatic N) is 3. The number of hydrogen-bond acceptors (Lipinski definition) is 4. The molecule has 0 spiro atoms. The molecule has 6 heteroatoms. The van der Waals surface area contributed by atoms with Gasteiger partial charge in [-0.15, -0.1) is 0 Å². The maximum Gasteiger partial charge on any atom is 0.244 e. The molecule has 2 aromatic rings. The molecular weight excluding hydrogens is 340 g/mol. The van der Waals surface area contributed by atoms with Crippen LogP contribution in [0.4, 0.5) is 5.82 Å². The summed E-state index contributed by atoms with van der Waals surface area (Å²) in [6.07, 6.45) is 2.84. The van der Waals surface area contributed by atoms with Crippen LogP contribution in [0, 0.1) is 0 Å². The molecule has 1 atom stereocenters. The van der Waals surface area contributed by atoms with Gasteiger partial charge in [0, 0.05) is 38.8 Å². The number of piperazine rings is 1. The SMILES string of the molecule is CC(NC(=O)CCc1ccccc1)C(=O)N1CCN(c2ccccn2)CC1. The average molecular weight is 366 g/mol. The molecule has 0 saturated carbocycles. The van der Waals surface area contributed by atoms with E-state index in [4.69, 9.17) is 0 Å². The van der Waals surface area contributed by atoms with E-state index in [2.05, 4.69) is 15.2 Å². The number of hydrogen-bond donors (Lipinski definition) is 1. The van der Waals surface area contributed by atoms with E-state index in [9.17, 15) is 9.59 Å². The standard InChI is InChI=1S/C21H26N4O2/c1-17(23-20(26)11-10-18-7-3-2-4-8-18)21(27)25-15-13-24(14-16-25)19-9-5-6-12-22-19/h2-9,12,17H,10-11,13-16H2,1H3,(H,23,26). The number of aryl methyl sites for hydroxylation is 1. The van der Waals surface area contributed by atoms with Crippen molar-refractivity contribution in [2.45, 2.75) is 25.8 Å². The summed E-state index contributed by atoms with van der Waals surface area (Å²) < 4.78 is 0. The molecule has 1 unspecified atom stereocenters. The zero-order valence-corrected chi connectivity index (χ0v) is 15.7. The first-order valence-electron chi connectivity index (χ1n) is 9.41. The predicted octanol–water partition coefficient (Wildman–Crippen LogP) is 1.87. The van der Waals surface area contributed by atoms with Crippen molar-refractivity contribution in [2.24, 2.45) is 0 Å². The van der Waals surface area contributed by atoms with Gasteiger partial charge in [-0.2, -0.15) is 0 Å². The highest BCUT2D eigenvalue weighted by Crippen LogP contribution is 2.13. The van der Waals surface area contributed by atoms with Crippen molar-refractivity contribution in [1.29, 1.82) is 0 Å². The molecule has 6 nitrogen and oxygen atoms in total. The largest absolute Gasteiger partial charge is 0.353 e. The lowest BCUT2D eigenvalue weighted by molar-refractivity contribution is -0.136. The molecule has 142 valence electrons. The first-order chi connectivity index (χ1) is 13.1. The second-order valence-corrected chi connectivity index (χ2v) is 6.78. The minimum absolute atomic E-state index is 0.0243. The van der Waals surface area contributed by atoms with Gasteiger partial charge in [0.15, 0.2) is 0 Å². The minimum atomic E-state index is -0.505. The van der Waals surface area contributed by atoms with Crippen LogP contribution in [0.15, 0.2) is 54.7 Å². The second kappa shape index (κ2) is 9.16. The number of carbonyl (C=O) groups excluding carboxylic acids is 2. The molecule has 1 N–H and O–H groups in total. The molecule has 1 aromatic carbocycles. The smallest absolute Gasteiger partial charge is 0.244 e. The molecule has 1 aliphatic heterocycles. The number of benzene rings is 1. The summed E-state index contributed by atoms with van der Waals surface area (Å²) >= 11 is 0. The van der Waals surface area contributed by atoms with Gasteiger partial charge in [0.2, 0.25) is 11.8 Å². The number of amides is 2. The topological polar surface area (TPSA) is 65.5 Å². The highest BCUT2D eigenvalue weighted by molar-refractivity contribution is 5.87. The van der Waals surface area contributed by atoms with Gasteiger partial charge in [0.1, 0.15) is 11.9 Å². The van der Waals surface area contributed by atoms with E-state index in [0.29, 0.717) is 25.9 Å². The van der Waals surface area contributed by atoms with Gasteiger partial charge in [-0.3, -0.25) is 9.59 Å². The van der Waals surface area contributed by atoms with E-state index >= 15 is 0 Å². The Hall–Kier alpha value is -2.89. The van der Waals surface area contributed by atoms with Gasteiger partial charge < -0.3 is 15.1 Å². The first-order valence-corrected chi connectivity index (χ1v) is 9.41. The zero-order valence-electron chi connectivity index (χ0n) is 15.7. The van der Waals surface area contributed by atoms with Crippen LogP contribution in [0.25, 0.3) is 0 Å². The Balaban J connectivity index is 1.43. The monoisotopic (exact) mass is 366 g/mol. The lowest BCUT2D eigenvalue weighted by atomic mass is 10.1. The Morgan fingerprint density at radius 3 is 2.41 bits per heavy atom. The van der Waals surface area contributed by atoms with Crippen LogP contribution >= 0.6 is 0 Å². The number of rotatable bonds is 6. The van der Waals surface area contributed by atoms with Gasteiger partial charge >= 0.3 is 0 Å². The fourth-order valence-corrected chi connectivity index (χ4v) is 3.25. The number of carbonyl (C=O) groups is 2. The van der Waals surface area contributed by atoms with Crippen LogP contribution in [-0.4, -0.2) is 53.9 Å². The van der Waals surface area contributed by atoms with E-state index in [1.165, 1.54) is 0 Å². The zero-order chi connectivity index (χ0) is 19.1. The number of anilines is 1. The van der Waals surface area contributed by atoms with Crippen molar-refractivity contribution >= 4 is 17.6 Å². The van der Waals surface area contributed by atoms with Crippen molar-refractivity contribution in [3.8, 4) is 0 Å². The van der Waals surface area contributed by atoms with Crippen molar-refractivity contribution in [3.63, 3.8) is 0 Å². The highest BCUT2D eigenvalue weighted by Gasteiger charge is 2.26. The van der Waals surface area contributed by atoms with Gasteiger partial charge in [0.05, 0.1) is 0 Å². The van der Waals surface area contributed by atoms with Crippen LogP contribution in [0.3, 0.4) is 0 Å². The van der Waals surface area contributed by atoms with Crippen molar-refractivity contribution in [2.75, 3.05) is 31.1 Å². The number of aromatic nitrogens is 1. The average Bonchev–Trinajstić information content (AvgIpc) is 2.73. The van der Waals surface area contributed by atoms with Crippen molar-refractivity contribution in [1.82, 2.24) is 15.2 Å².